The minimum atomic E-state index is -0.369. The molecule has 0 N–H and O–H groups in total. The van der Waals surface area contributed by atoms with Gasteiger partial charge in [-0.2, -0.15) is 0 Å². The van der Waals surface area contributed by atoms with Crippen LogP contribution < -0.4 is 4.74 Å². The molecule has 0 aromatic heterocycles. The lowest BCUT2D eigenvalue weighted by Gasteiger charge is -2.10. The molecular formula is C13H13Br3O4. The smallest absolute Gasteiger partial charge is 0.306 e. The topological polar surface area (TPSA) is 52.6 Å². The Labute approximate surface area is 142 Å². The Morgan fingerprint density at radius 2 is 1.70 bits per heavy atom. The molecule has 0 heterocycles. The first-order valence-corrected chi connectivity index (χ1v) is 8.26. The summed E-state index contributed by atoms with van der Waals surface area (Å²) < 4.78 is 12.6. The molecule has 0 aliphatic rings. The van der Waals surface area contributed by atoms with Crippen molar-refractivity contribution in [3.8, 4) is 5.75 Å². The van der Waals surface area contributed by atoms with Crippen LogP contribution in [0.4, 0.5) is 0 Å². The van der Waals surface area contributed by atoms with E-state index in [0.29, 0.717) is 12.4 Å². The summed E-state index contributed by atoms with van der Waals surface area (Å²) in [6.07, 6.45) is 0.198. The summed E-state index contributed by atoms with van der Waals surface area (Å²) in [4.78, 5) is 22.8. The van der Waals surface area contributed by atoms with Crippen molar-refractivity contribution in [1.82, 2.24) is 0 Å². The number of hydrogen-bond donors (Lipinski definition) is 0. The summed E-state index contributed by atoms with van der Waals surface area (Å²) >= 11 is 10.1. The number of benzene rings is 1. The molecule has 0 spiro atoms. The Morgan fingerprint density at radius 1 is 1.10 bits per heavy atom. The second-order valence-electron chi connectivity index (χ2n) is 3.83. The summed E-state index contributed by atoms with van der Waals surface area (Å²) in [6.45, 7) is 1.96. The van der Waals surface area contributed by atoms with Gasteiger partial charge in [0.05, 0.1) is 22.0 Å². The summed E-state index contributed by atoms with van der Waals surface area (Å²) in [5.41, 5.74) is 0. The molecule has 1 rings (SSSR count). The molecule has 0 aliphatic carbocycles. The van der Waals surface area contributed by atoms with E-state index in [1.807, 2.05) is 12.1 Å². The summed E-state index contributed by atoms with van der Waals surface area (Å²) in [6, 6.07) is 3.65. The predicted molar refractivity (Wildman–Crippen MR) is 85.9 cm³/mol. The number of carbonyl (C=O) groups is 2. The van der Waals surface area contributed by atoms with Gasteiger partial charge in [-0.1, -0.05) is 15.9 Å². The van der Waals surface area contributed by atoms with Crippen molar-refractivity contribution < 1.29 is 19.1 Å². The molecule has 0 saturated heterocycles. The van der Waals surface area contributed by atoms with Crippen LogP contribution in [0.1, 0.15) is 19.8 Å². The maximum absolute atomic E-state index is 11.6. The van der Waals surface area contributed by atoms with Gasteiger partial charge in [0, 0.05) is 10.9 Å². The van der Waals surface area contributed by atoms with Gasteiger partial charge in [0.2, 0.25) is 0 Å². The largest absolute Gasteiger partial charge is 0.483 e. The van der Waals surface area contributed by atoms with Crippen LogP contribution in [-0.4, -0.2) is 25.0 Å². The lowest BCUT2D eigenvalue weighted by atomic mass is 10.2. The third-order valence-electron chi connectivity index (χ3n) is 2.25. The second kappa shape index (κ2) is 8.79. The second-order valence-corrected chi connectivity index (χ2v) is 6.46. The Morgan fingerprint density at radius 3 is 2.25 bits per heavy atom. The fraction of sp³-hybridized carbons (Fsp3) is 0.385. The van der Waals surface area contributed by atoms with Crippen LogP contribution in [0, 0.1) is 0 Å². The van der Waals surface area contributed by atoms with Crippen LogP contribution in [0.2, 0.25) is 0 Å². The van der Waals surface area contributed by atoms with Crippen molar-refractivity contribution in [2.24, 2.45) is 0 Å². The zero-order valence-corrected chi connectivity index (χ0v) is 15.5. The number of rotatable bonds is 7. The van der Waals surface area contributed by atoms with Gasteiger partial charge < -0.3 is 9.47 Å². The van der Waals surface area contributed by atoms with E-state index in [1.165, 1.54) is 0 Å². The van der Waals surface area contributed by atoms with Gasteiger partial charge in [-0.3, -0.25) is 9.59 Å². The summed E-state index contributed by atoms with van der Waals surface area (Å²) in [5, 5.41) is 0. The Kier molecular flexibility index (Phi) is 7.76. The molecule has 0 amide bonds. The fourth-order valence-electron chi connectivity index (χ4n) is 1.37. The molecule has 7 heteroatoms. The Bertz CT molecular complexity index is 479. The lowest BCUT2D eigenvalue weighted by molar-refractivity contribution is -0.144. The molecule has 110 valence electrons. The maximum atomic E-state index is 11.6. The van der Waals surface area contributed by atoms with E-state index in [4.69, 9.17) is 9.47 Å². The minimum absolute atomic E-state index is 0.0821. The van der Waals surface area contributed by atoms with Crippen LogP contribution in [0.25, 0.3) is 0 Å². The van der Waals surface area contributed by atoms with Gasteiger partial charge in [0.15, 0.2) is 5.78 Å². The summed E-state index contributed by atoms with van der Waals surface area (Å²) in [7, 11) is 0. The monoisotopic (exact) mass is 470 g/mol. The van der Waals surface area contributed by atoms with Crippen LogP contribution in [0.5, 0.6) is 5.75 Å². The number of ketones is 1. The molecule has 0 atom stereocenters. The number of esters is 1. The lowest BCUT2D eigenvalue weighted by Crippen LogP contribution is -2.14. The minimum Gasteiger partial charge on any atom is -0.483 e. The van der Waals surface area contributed by atoms with Gasteiger partial charge in [0.25, 0.3) is 0 Å². The van der Waals surface area contributed by atoms with Gasteiger partial charge in [-0.05, 0) is 50.9 Å². The van der Waals surface area contributed by atoms with Crippen molar-refractivity contribution in [3.05, 3.63) is 25.6 Å². The van der Waals surface area contributed by atoms with Gasteiger partial charge >= 0.3 is 5.97 Å². The fourth-order valence-corrected chi connectivity index (χ4v) is 3.85. The first-order valence-electron chi connectivity index (χ1n) is 5.88. The van der Waals surface area contributed by atoms with Gasteiger partial charge in [0.1, 0.15) is 12.4 Å². The first-order chi connectivity index (χ1) is 9.43. The number of Topliss-reactive ketones (excluding diaryl/α,β-unsaturated/α-hetero) is 1. The average Bonchev–Trinajstić information content (AvgIpc) is 2.35. The molecule has 0 saturated carbocycles. The number of hydrogen-bond acceptors (Lipinski definition) is 4. The van der Waals surface area contributed by atoms with E-state index in [0.717, 1.165) is 13.4 Å². The van der Waals surface area contributed by atoms with Crippen LogP contribution in [-0.2, 0) is 14.3 Å². The molecule has 0 unspecified atom stereocenters. The third-order valence-corrected chi connectivity index (χ3v) is 3.89. The normalized spacial score (nSPS) is 10.2. The van der Waals surface area contributed by atoms with E-state index < -0.39 is 0 Å². The van der Waals surface area contributed by atoms with E-state index in [-0.39, 0.29) is 31.2 Å². The number of ether oxygens (including phenoxy) is 2. The molecule has 4 nitrogen and oxygen atoms in total. The molecule has 20 heavy (non-hydrogen) atoms. The van der Waals surface area contributed by atoms with E-state index >= 15 is 0 Å². The zero-order valence-electron chi connectivity index (χ0n) is 10.8. The Balaban J connectivity index is 2.47. The van der Waals surface area contributed by atoms with Crippen LogP contribution in [0.15, 0.2) is 25.6 Å². The molecule has 0 radical (unpaired) electrons. The Hall–Kier alpha value is -0.400. The van der Waals surface area contributed by atoms with E-state index in [1.54, 1.807) is 6.92 Å². The van der Waals surface area contributed by atoms with E-state index in [2.05, 4.69) is 47.8 Å². The summed E-state index contributed by atoms with van der Waals surface area (Å²) in [5.74, 6) is 0.0318. The van der Waals surface area contributed by atoms with Gasteiger partial charge in [-0.15, -0.1) is 0 Å². The molecule has 0 fully saturated rings. The first kappa shape index (κ1) is 17.7. The average molecular weight is 473 g/mol. The quantitative estimate of drug-likeness (QED) is 0.556. The molecule has 0 aliphatic heterocycles. The standard InChI is InChI=1S/C13H13Br3O4/c1-2-19-12(18)4-3-9(17)7-20-13-10(15)5-8(14)6-11(13)16/h5-6H,2-4,7H2,1H3. The highest BCUT2D eigenvalue weighted by Gasteiger charge is 2.12. The van der Waals surface area contributed by atoms with Crippen molar-refractivity contribution in [2.75, 3.05) is 13.2 Å². The highest BCUT2D eigenvalue weighted by molar-refractivity contribution is 9.11. The predicted octanol–water partition coefficient (Wildman–Crippen LogP) is 4.27. The van der Waals surface area contributed by atoms with Crippen LogP contribution >= 0.6 is 47.8 Å². The molecule has 0 bridgehead atoms. The van der Waals surface area contributed by atoms with Crippen molar-refractivity contribution >= 4 is 59.5 Å². The molecule has 1 aromatic rings. The SMILES string of the molecule is CCOC(=O)CCC(=O)COc1c(Br)cc(Br)cc1Br. The zero-order chi connectivity index (χ0) is 15.1. The number of halogens is 3. The molecular weight excluding hydrogens is 460 g/mol. The van der Waals surface area contributed by atoms with Crippen molar-refractivity contribution in [2.45, 2.75) is 19.8 Å². The molecule has 1 aromatic carbocycles. The highest BCUT2D eigenvalue weighted by Crippen LogP contribution is 2.36. The van der Waals surface area contributed by atoms with Crippen LogP contribution in [0.3, 0.4) is 0 Å². The van der Waals surface area contributed by atoms with Crippen molar-refractivity contribution in [3.63, 3.8) is 0 Å². The van der Waals surface area contributed by atoms with Gasteiger partial charge in [-0.25, -0.2) is 0 Å². The maximum Gasteiger partial charge on any atom is 0.306 e. The van der Waals surface area contributed by atoms with Crippen molar-refractivity contribution in [1.29, 1.82) is 0 Å². The van der Waals surface area contributed by atoms with E-state index in [9.17, 15) is 9.59 Å². The number of carbonyl (C=O) groups excluding carboxylic acids is 2. The third kappa shape index (κ3) is 5.93. The highest BCUT2D eigenvalue weighted by atomic mass is 79.9.